The van der Waals surface area contributed by atoms with E-state index in [1.54, 1.807) is 18.3 Å². The lowest BCUT2D eigenvalue weighted by Gasteiger charge is -2.03. The molecule has 0 aliphatic rings. The number of aromatic nitrogens is 2. The maximum Gasteiger partial charge on any atom is 0.272 e. The van der Waals surface area contributed by atoms with E-state index in [4.69, 9.17) is 23.2 Å². The van der Waals surface area contributed by atoms with E-state index in [1.807, 2.05) is 31.2 Å². The van der Waals surface area contributed by atoms with Crippen molar-refractivity contribution in [3.8, 4) is 11.3 Å². The summed E-state index contributed by atoms with van der Waals surface area (Å²) in [5.41, 5.74) is 6.42. The van der Waals surface area contributed by atoms with Gasteiger partial charge in [-0.2, -0.15) is 10.2 Å². The first-order valence-electron chi connectivity index (χ1n) is 7.43. The van der Waals surface area contributed by atoms with E-state index in [0.717, 1.165) is 16.8 Å². The Labute approximate surface area is 154 Å². The smallest absolute Gasteiger partial charge is 0.272 e. The summed E-state index contributed by atoms with van der Waals surface area (Å²) in [6.45, 7) is 2.02. The van der Waals surface area contributed by atoms with Crippen LogP contribution in [-0.2, 0) is 0 Å². The number of rotatable bonds is 4. The van der Waals surface area contributed by atoms with Gasteiger partial charge >= 0.3 is 0 Å². The van der Waals surface area contributed by atoms with Gasteiger partial charge in [-0.05, 0) is 25.1 Å². The Morgan fingerprint density at radius 2 is 1.96 bits per heavy atom. The summed E-state index contributed by atoms with van der Waals surface area (Å²) in [5, 5.41) is 11.7. The third-order valence-corrected chi connectivity index (χ3v) is 4.12. The molecule has 0 saturated carbocycles. The average molecular weight is 373 g/mol. The van der Waals surface area contributed by atoms with Crippen LogP contribution in [0.2, 0.25) is 10.0 Å². The second-order valence-electron chi connectivity index (χ2n) is 5.39. The molecule has 2 aromatic carbocycles. The Balaban J connectivity index is 1.75. The molecule has 1 heterocycles. The zero-order chi connectivity index (χ0) is 17.8. The maximum absolute atomic E-state index is 12.1. The first-order valence-corrected chi connectivity index (χ1v) is 8.19. The molecule has 0 saturated heterocycles. The van der Waals surface area contributed by atoms with E-state index in [-0.39, 0.29) is 5.56 Å². The molecule has 0 spiro atoms. The number of H-pyrrole nitrogens is 1. The van der Waals surface area contributed by atoms with Crippen molar-refractivity contribution in [2.24, 2.45) is 5.10 Å². The van der Waals surface area contributed by atoms with Crippen molar-refractivity contribution in [2.45, 2.75) is 6.92 Å². The second kappa shape index (κ2) is 7.51. The molecule has 0 atom stereocenters. The van der Waals surface area contributed by atoms with Crippen molar-refractivity contribution in [3.05, 3.63) is 75.4 Å². The van der Waals surface area contributed by atoms with Crippen LogP contribution in [0.1, 0.15) is 21.5 Å². The number of aryl methyl sites for hydroxylation is 1. The van der Waals surface area contributed by atoms with E-state index < -0.39 is 5.91 Å². The van der Waals surface area contributed by atoms with Gasteiger partial charge in [0.15, 0.2) is 0 Å². The summed E-state index contributed by atoms with van der Waals surface area (Å²) >= 11 is 11.9. The zero-order valence-electron chi connectivity index (χ0n) is 13.3. The van der Waals surface area contributed by atoms with Gasteiger partial charge in [-0.15, -0.1) is 0 Å². The highest BCUT2D eigenvalue weighted by Gasteiger charge is 2.10. The quantitative estimate of drug-likeness (QED) is 0.524. The molecular formula is C18H14Cl2N4O. The van der Waals surface area contributed by atoms with Crippen LogP contribution in [0.25, 0.3) is 11.3 Å². The fourth-order valence-corrected chi connectivity index (χ4v) is 2.61. The van der Waals surface area contributed by atoms with Crippen molar-refractivity contribution >= 4 is 35.3 Å². The number of hydrogen-bond acceptors (Lipinski definition) is 3. The number of nitrogens with zero attached hydrogens (tertiary/aromatic N) is 2. The van der Waals surface area contributed by atoms with Gasteiger partial charge in [0.2, 0.25) is 0 Å². The van der Waals surface area contributed by atoms with E-state index in [9.17, 15) is 4.79 Å². The number of hydrazone groups is 1. The fourth-order valence-electron chi connectivity index (χ4n) is 2.24. The minimum absolute atomic E-state index is 0.261. The van der Waals surface area contributed by atoms with Crippen LogP contribution >= 0.6 is 23.2 Å². The number of nitrogens with one attached hydrogen (secondary N) is 2. The SMILES string of the molecule is Cc1ccc(-c2[nH]ncc2/C=N/NC(=O)c2cc(Cl)ccc2Cl)cc1. The first-order chi connectivity index (χ1) is 12.0. The fraction of sp³-hybridized carbons (Fsp3) is 0.0556. The molecule has 1 amide bonds. The van der Waals surface area contributed by atoms with Crippen LogP contribution in [0.5, 0.6) is 0 Å². The highest BCUT2D eigenvalue weighted by molar-refractivity contribution is 6.35. The van der Waals surface area contributed by atoms with Gasteiger partial charge in [-0.3, -0.25) is 9.89 Å². The molecular weight excluding hydrogens is 359 g/mol. The number of carbonyl (C=O) groups excluding carboxylic acids is 1. The Morgan fingerprint density at radius 3 is 2.72 bits per heavy atom. The lowest BCUT2D eigenvalue weighted by atomic mass is 10.1. The molecule has 25 heavy (non-hydrogen) atoms. The summed E-state index contributed by atoms with van der Waals surface area (Å²) in [5.74, 6) is -0.441. The molecule has 0 unspecified atom stereocenters. The highest BCUT2D eigenvalue weighted by Crippen LogP contribution is 2.21. The zero-order valence-corrected chi connectivity index (χ0v) is 14.8. The van der Waals surface area contributed by atoms with Gasteiger partial charge in [0.1, 0.15) is 0 Å². The van der Waals surface area contributed by atoms with E-state index >= 15 is 0 Å². The van der Waals surface area contributed by atoms with Gasteiger partial charge < -0.3 is 0 Å². The van der Waals surface area contributed by atoms with E-state index in [1.165, 1.54) is 17.8 Å². The first kappa shape index (κ1) is 17.2. The Bertz CT molecular complexity index is 933. The van der Waals surface area contributed by atoms with Crippen molar-refractivity contribution < 1.29 is 4.79 Å². The molecule has 0 fully saturated rings. The van der Waals surface area contributed by atoms with Crippen molar-refractivity contribution in [1.82, 2.24) is 15.6 Å². The molecule has 0 aliphatic carbocycles. The molecule has 3 aromatic rings. The Kier molecular flexibility index (Phi) is 5.16. The van der Waals surface area contributed by atoms with Gasteiger partial charge in [0.25, 0.3) is 5.91 Å². The van der Waals surface area contributed by atoms with Crippen LogP contribution in [0.4, 0.5) is 0 Å². The lowest BCUT2D eigenvalue weighted by molar-refractivity contribution is 0.0955. The van der Waals surface area contributed by atoms with Crippen molar-refractivity contribution in [3.63, 3.8) is 0 Å². The number of aromatic amines is 1. The highest BCUT2D eigenvalue weighted by atomic mass is 35.5. The molecule has 0 bridgehead atoms. The van der Waals surface area contributed by atoms with Crippen LogP contribution in [0, 0.1) is 6.92 Å². The van der Waals surface area contributed by atoms with Gasteiger partial charge in [0, 0.05) is 16.1 Å². The minimum atomic E-state index is -0.441. The molecule has 2 N–H and O–H groups in total. The number of halogens is 2. The van der Waals surface area contributed by atoms with Crippen LogP contribution in [-0.4, -0.2) is 22.3 Å². The van der Waals surface area contributed by atoms with Gasteiger partial charge in [-0.25, -0.2) is 5.43 Å². The van der Waals surface area contributed by atoms with Gasteiger partial charge in [-0.1, -0.05) is 53.0 Å². The second-order valence-corrected chi connectivity index (χ2v) is 6.23. The Hall–Kier alpha value is -2.63. The van der Waals surface area contributed by atoms with Crippen LogP contribution in [0.3, 0.4) is 0 Å². The third-order valence-electron chi connectivity index (χ3n) is 3.55. The molecule has 0 aliphatic heterocycles. The van der Waals surface area contributed by atoms with Crippen molar-refractivity contribution in [1.29, 1.82) is 0 Å². The number of hydrogen-bond donors (Lipinski definition) is 2. The largest absolute Gasteiger partial charge is 0.277 e. The summed E-state index contributed by atoms with van der Waals surface area (Å²) in [6, 6.07) is 12.7. The normalized spacial score (nSPS) is 11.0. The summed E-state index contributed by atoms with van der Waals surface area (Å²) in [7, 11) is 0. The molecule has 7 heteroatoms. The lowest BCUT2D eigenvalue weighted by Crippen LogP contribution is -2.18. The Morgan fingerprint density at radius 1 is 1.20 bits per heavy atom. The maximum atomic E-state index is 12.1. The number of amides is 1. The molecule has 126 valence electrons. The monoisotopic (exact) mass is 372 g/mol. The molecule has 1 aromatic heterocycles. The predicted octanol–water partition coefficient (Wildman–Crippen LogP) is 4.46. The van der Waals surface area contributed by atoms with Crippen LogP contribution in [0.15, 0.2) is 53.8 Å². The van der Waals surface area contributed by atoms with Crippen molar-refractivity contribution in [2.75, 3.05) is 0 Å². The molecule has 5 nitrogen and oxygen atoms in total. The third kappa shape index (κ3) is 4.07. The predicted molar refractivity (Wildman–Crippen MR) is 100 cm³/mol. The van der Waals surface area contributed by atoms with Gasteiger partial charge in [0.05, 0.1) is 28.7 Å². The summed E-state index contributed by atoms with van der Waals surface area (Å²) in [6.07, 6.45) is 3.16. The van der Waals surface area contributed by atoms with E-state index in [2.05, 4.69) is 20.7 Å². The van der Waals surface area contributed by atoms with E-state index in [0.29, 0.717) is 10.0 Å². The minimum Gasteiger partial charge on any atom is -0.277 e. The number of carbonyl (C=O) groups is 1. The summed E-state index contributed by atoms with van der Waals surface area (Å²) < 4.78 is 0. The average Bonchev–Trinajstić information content (AvgIpc) is 3.06. The van der Waals surface area contributed by atoms with Crippen LogP contribution < -0.4 is 5.43 Å². The topological polar surface area (TPSA) is 70.1 Å². The standard InChI is InChI=1S/C18H14Cl2N4O/c1-11-2-4-12(5-3-11)17-13(9-21-23-17)10-22-24-18(25)15-8-14(19)6-7-16(15)20/h2-10H,1H3,(H,21,23)(H,24,25)/b22-10+. The molecule has 3 rings (SSSR count). The number of benzene rings is 2. The summed E-state index contributed by atoms with van der Waals surface area (Å²) in [4.78, 5) is 12.1. The molecule has 0 radical (unpaired) electrons.